The van der Waals surface area contributed by atoms with Crippen LogP contribution in [0, 0.1) is 5.92 Å². The van der Waals surface area contributed by atoms with Crippen LogP contribution in [0.2, 0.25) is 0 Å². The van der Waals surface area contributed by atoms with Crippen molar-refractivity contribution in [2.45, 2.75) is 31.7 Å². The Balaban J connectivity index is 1.40. The van der Waals surface area contributed by atoms with Crippen molar-refractivity contribution in [2.24, 2.45) is 5.92 Å². The number of anilines is 1. The Bertz CT molecular complexity index is 985. The van der Waals surface area contributed by atoms with Crippen LogP contribution in [-0.2, 0) is 14.4 Å². The second-order valence-corrected chi connectivity index (χ2v) is 8.55. The third-order valence-electron chi connectivity index (χ3n) is 6.55. The number of amides is 4. The van der Waals surface area contributed by atoms with E-state index in [9.17, 15) is 24.0 Å². The quantitative estimate of drug-likeness (QED) is 0.603. The van der Waals surface area contributed by atoms with Gasteiger partial charge in [0.1, 0.15) is 6.04 Å². The molecule has 0 aromatic heterocycles. The molecule has 0 bridgehead atoms. The van der Waals surface area contributed by atoms with Crippen molar-refractivity contribution in [1.29, 1.82) is 0 Å². The van der Waals surface area contributed by atoms with E-state index in [0.29, 0.717) is 19.4 Å². The van der Waals surface area contributed by atoms with Crippen molar-refractivity contribution in [3.63, 3.8) is 0 Å². The number of carboxylic acids is 1. The fraction of sp³-hybridized carbons (Fsp3) is 0.500. The Hall–Kier alpha value is -3.27. The molecule has 170 valence electrons. The highest BCUT2D eigenvalue weighted by Crippen LogP contribution is 2.30. The van der Waals surface area contributed by atoms with Crippen LogP contribution in [-0.4, -0.2) is 83.8 Å². The van der Waals surface area contributed by atoms with E-state index in [2.05, 4.69) is 10.2 Å². The number of piperidine rings is 2. The van der Waals surface area contributed by atoms with Gasteiger partial charge in [-0.2, -0.15) is 0 Å². The van der Waals surface area contributed by atoms with Crippen LogP contribution in [0.25, 0.3) is 0 Å². The van der Waals surface area contributed by atoms with Gasteiger partial charge in [-0.05, 0) is 50.6 Å². The zero-order valence-corrected chi connectivity index (χ0v) is 17.9. The van der Waals surface area contributed by atoms with Gasteiger partial charge in [0.05, 0.1) is 17.0 Å². The fourth-order valence-corrected chi connectivity index (χ4v) is 4.52. The molecule has 2 N–H and O–H groups in total. The van der Waals surface area contributed by atoms with Gasteiger partial charge in [-0.1, -0.05) is 0 Å². The number of imide groups is 2. The van der Waals surface area contributed by atoms with Gasteiger partial charge in [-0.3, -0.25) is 34.2 Å². The molecule has 1 unspecified atom stereocenters. The summed E-state index contributed by atoms with van der Waals surface area (Å²) in [5, 5.41) is 11.3. The van der Waals surface area contributed by atoms with Gasteiger partial charge >= 0.3 is 5.97 Å². The number of carbonyl (C=O) groups excluding carboxylic acids is 4. The molecule has 2 saturated heterocycles. The lowest BCUT2D eigenvalue weighted by molar-refractivity contribution is -0.143. The molecule has 0 spiro atoms. The van der Waals surface area contributed by atoms with Crippen molar-refractivity contribution in [2.75, 3.05) is 38.1 Å². The van der Waals surface area contributed by atoms with E-state index in [0.717, 1.165) is 30.2 Å². The molecule has 10 heteroatoms. The van der Waals surface area contributed by atoms with Gasteiger partial charge in [0.15, 0.2) is 0 Å². The predicted octanol–water partition coefficient (Wildman–Crippen LogP) is 0.321. The number of rotatable bonds is 6. The van der Waals surface area contributed by atoms with Crippen molar-refractivity contribution in [3.8, 4) is 0 Å². The van der Waals surface area contributed by atoms with Crippen LogP contribution >= 0.6 is 0 Å². The minimum atomic E-state index is -0.977. The molecule has 1 aromatic rings. The zero-order valence-electron chi connectivity index (χ0n) is 17.9. The Morgan fingerprint density at radius 1 is 1.09 bits per heavy atom. The largest absolute Gasteiger partial charge is 0.481 e. The number of fused-ring (bicyclic) bond motifs is 1. The molecule has 4 rings (SSSR count). The van der Waals surface area contributed by atoms with E-state index >= 15 is 0 Å². The normalized spacial score (nSPS) is 22.2. The summed E-state index contributed by atoms with van der Waals surface area (Å²) in [6.45, 7) is 2.91. The van der Waals surface area contributed by atoms with E-state index in [1.165, 1.54) is 0 Å². The molecule has 4 amide bonds. The molecule has 3 aliphatic heterocycles. The number of nitrogens with one attached hydrogen (secondary N) is 1. The van der Waals surface area contributed by atoms with Crippen molar-refractivity contribution >= 4 is 35.3 Å². The molecular weight excluding hydrogens is 416 g/mol. The van der Waals surface area contributed by atoms with Gasteiger partial charge in [0.2, 0.25) is 11.8 Å². The second-order valence-electron chi connectivity index (χ2n) is 8.55. The Morgan fingerprint density at radius 2 is 1.78 bits per heavy atom. The third kappa shape index (κ3) is 4.10. The van der Waals surface area contributed by atoms with E-state index in [1.807, 2.05) is 11.9 Å². The molecule has 1 aromatic carbocycles. The minimum absolute atomic E-state index is 0.0848. The molecular formula is C22H26N4O6. The lowest BCUT2D eigenvalue weighted by Crippen LogP contribution is -2.54. The van der Waals surface area contributed by atoms with Crippen molar-refractivity contribution in [3.05, 3.63) is 29.3 Å². The highest BCUT2D eigenvalue weighted by Gasteiger charge is 2.44. The average molecular weight is 442 g/mol. The molecule has 0 saturated carbocycles. The van der Waals surface area contributed by atoms with Gasteiger partial charge in [-0.15, -0.1) is 0 Å². The first-order valence-corrected chi connectivity index (χ1v) is 10.8. The van der Waals surface area contributed by atoms with Crippen molar-refractivity contribution in [1.82, 2.24) is 15.1 Å². The monoisotopic (exact) mass is 442 g/mol. The molecule has 0 aliphatic carbocycles. The summed E-state index contributed by atoms with van der Waals surface area (Å²) in [6.07, 6.45) is 1.50. The average Bonchev–Trinajstić information content (AvgIpc) is 3.02. The molecule has 0 radical (unpaired) electrons. The maximum Gasteiger partial charge on any atom is 0.306 e. The standard InChI is InChI=1S/C22H26N4O6/c1-24(10-11-25-8-6-13(7-9-25)22(31)32)14-2-3-15-16(12-14)21(30)26(20(15)29)17-4-5-18(27)23-19(17)28/h2-3,12-13,17H,4-11H2,1H3,(H,31,32)(H,23,27,28). The van der Waals surface area contributed by atoms with Crippen LogP contribution in [0.15, 0.2) is 18.2 Å². The maximum atomic E-state index is 13.0. The number of likely N-dealkylation sites (N-methyl/N-ethyl adjacent to an activating group) is 1. The maximum absolute atomic E-state index is 13.0. The van der Waals surface area contributed by atoms with E-state index in [-0.39, 0.29) is 29.9 Å². The van der Waals surface area contributed by atoms with Gasteiger partial charge in [0.25, 0.3) is 11.8 Å². The van der Waals surface area contributed by atoms with Crippen LogP contribution < -0.4 is 10.2 Å². The fourth-order valence-electron chi connectivity index (χ4n) is 4.52. The summed E-state index contributed by atoms with van der Waals surface area (Å²) >= 11 is 0. The summed E-state index contributed by atoms with van der Waals surface area (Å²) in [7, 11) is 1.89. The zero-order chi connectivity index (χ0) is 23.0. The van der Waals surface area contributed by atoms with Crippen LogP contribution in [0.4, 0.5) is 5.69 Å². The lowest BCUT2D eigenvalue weighted by Gasteiger charge is -2.31. The predicted molar refractivity (Wildman–Crippen MR) is 113 cm³/mol. The second kappa shape index (κ2) is 8.70. The SMILES string of the molecule is CN(CCN1CCC(C(=O)O)CC1)c1ccc2c(c1)C(=O)N(C1CCC(=O)NC1=O)C2=O. The Kier molecular flexibility index (Phi) is 5.96. The Morgan fingerprint density at radius 3 is 2.44 bits per heavy atom. The van der Waals surface area contributed by atoms with Gasteiger partial charge in [-0.25, -0.2) is 0 Å². The Labute approximate surface area is 185 Å². The summed E-state index contributed by atoms with van der Waals surface area (Å²) < 4.78 is 0. The molecule has 3 aliphatic rings. The topological polar surface area (TPSA) is 127 Å². The molecule has 10 nitrogen and oxygen atoms in total. The van der Waals surface area contributed by atoms with E-state index < -0.39 is 35.6 Å². The lowest BCUT2D eigenvalue weighted by atomic mass is 9.97. The number of aliphatic carboxylic acids is 1. The molecule has 32 heavy (non-hydrogen) atoms. The summed E-state index contributed by atoms with van der Waals surface area (Å²) in [5.41, 5.74) is 1.29. The number of carbonyl (C=O) groups is 5. The number of benzene rings is 1. The van der Waals surface area contributed by atoms with E-state index in [1.54, 1.807) is 18.2 Å². The summed E-state index contributed by atoms with van der Waals surface area (Å²) in [6, 6.07) is 4.06. The number of hydrogen-bond acceptors (Lipinski definition) is 7. The first kappa shape index (κ1) is 21.9. The summed E-state index contributed by atoms with van der Waals surface area (Å²) in [5.74, 6) is -3.07. The van der Waals surface area contributed by atoms with Gasteiger partial charge < -0.3 is 14.9 Å². The van der Waals surface area contributed by atoms with Crippen LogP contribution in [0.5, 0.6) is 0 Å². The number of likely N-dealkylation sites (tertiary alicyclic amines) is 1. The number of carboxylic acid groups (broad SMARTS) is 1. The van der Waals surface area contributed by atoms with Crippen LogP contribution in [0.3, 0.4) is 0 Å². The smallest absolute Gasteiger partial charge is 0.306 e. The third-order valence-corrected chi connectivity index (χ3v) is 6.55. The first-order valence-electron chi connectivity index (χ1n) is 10.8. The van der Waals surface area contributed by atoms with Gasteiger partial charge in [0, 0.05) is 32.2 Å². The molecule has 1 atom stereocenters. The van der Waals surface area contributed by atoms with Crippen LogP contribution in [0.1, 0.15) is 46.4 Å². The summed E-state index contributed by atoms with van der Waals surface area (Å²) in [4.78, 5) is 65.6. The molecule has 3 heterocycles. The van der Waals surface area contributed by atoms with E-state index in [4.69, 9.17) is 5.11 Å². The highest BCUT2D eigenvalue weighted by molar-refractivity contribution is 6.23. The minimum Gasteiger partial charge on any atom is -0.481 e. The highest BCUT2D eigenvalue weighted by atomic mass is 16.4. The van der Waals surface area contributed by atoms with Crippen molar-refractivity contribution < 1.29 is 29.1 Å². The number of nitrogens with zero attached hydrogens (tertiary/aromatic N) is 3. The first-order chi connectivity index (χ1) is 15.3. The number of hydrogen-bond donors (Lipinski definition) is 2. The molecule has 2 fully saturated rings.